The Bertz CT molecular complexity index is 1290. The number of ketones is 1. The van der Waals surface area contributed by atoms with E-state index in [1.165, 1.54) is 6.20 Å². The minimum absolute atomic E-state index is 0.0171. The first-order valence-electron chi connectivity index (χ1n) is 11.0. The van der Waals surface area contributed by atoms with Crippen molar-refractivity contribution >= 4 is 34.0 Å². The van der Waals surface area contributed by atoms with E-state index in [2.05, 4.69) is 39.3 Å². The van der Waals surface area contributed by atoms with Crippen LogP contribution in [0.15, 0.2) is 55.0 Å². The third kappa shape index (κ3) is 4.90. The minimum atomic E-state index is -0.373. The summed E-state index contributed by atoms with van der Waals surface area (Å²) < 4.78 is 0. The van der Waals surface area contributed by atoms with Crippen LogP contribution in [-0.4, -0.2) is 31.9 Å². The lowest BCUT2D eigenvalue weighted by atomic mass is 9.96. The standard InChI is InChI=1S/C25H26N6O2/c1-3-15(4-2)9-23(32)22-8-6-19(14-28-22)29-25(33)24-20-11-16(5-7-21(20)30-31-24)17-10-18(26)13-27-12-17/h5-8,10-15H,3-4,9,26H2,1-2H3,(H,29,33)(H,30,31). The van der Waals surface area contributed by atoms with Gasteiger partial charge in [0.1, 0.15) is 5.69 Å². The van der Waals surface area contributed by atoms with Crippen LogP contribution in [0, 0.1) is 5.92 Å². The zero-order valence-corrected chi connectivity index (χ0v) is 18.6. The monoisotopic (exact) mass is 442 g/mol. The second-order valence-corrected chi connectivity index (χ2v) is 8.04. The number of benzene rings is 1. The van der Waals surface area contributed by atoms with Crippen molar-refractivity contribution in [3.63, 3.8) is 0 Å². The van der Waals surface area contributed by atoms with Crippen LogP contribution in [0.4, 0.5) is 11.4 Å². The van der Waals surface area contributed by atoms with E-state index >= 15 is 0 Å². The Balaban J connectivity index is 1.52. The van der Waals surface area contributed by atoms with Crippen molar-refractivity contribution in [1.82, 2.24) is 20.2 Å². The molecule has 0 unspecified atom stereocenters. The number of nitrogens with two attached hydrogens (primary N) is 1. The quantitative estimate of drug-likeness (QED) is 0.334. The smallest absolute Gasteiger partial charge is 0.276 e. The highest BCUT2D eigenvalue weighted by atomic mass is 16.2. The molecule has 3 aromatic heterocycles. The van der Waals surface area contributed by atoms with Gasteiger partial charge in [0.15, 0.2) is 11.5 Å². The lowest BCUT2D eigenvalue weighted by Crippen LogP contribution is -2.14. The number of amides is 1. The zero-order valence-electron chi connectivity index (χ0n) is 18.6. The molecule has 8 nitrogen and oxygen atoms in total. The van der Waals surface area contributed by atoms with Gasteiger partial charge in [-0.1, -0.05) is 32.8 Å². The van der Waals surface area contributed by atoms with Gasteiger partial charge in [0, 0.05) is 29.8 Å². The Hall–Kier alpha value is -4.07. The number of hydrogen-bond acceptors (Lipinski definition) is 6. The molecule has 1 amide bonds. The number of Topliss-reactive ketones (excluding diaryl/α,β-unsaturated/α-hetero) is 1. The summed E-state index contributed by atoms with van der Waals surface area (Å²) in [4.78, 5) is 33.7. The molecule has 1 aromatic carbocycles. The van der Waals surface area contributed by atoms with Crippen molar-refractivity contribution in [3.05, 3.63) is 66.4 Å². The molecule has 0 spiro atoms. The number of carbonyl (C=O) groups excluding carboxylic acids is 2. The summed E-state index contributed by atoms with van der Waals surface area (Å²) >= 11 is 0. The average Bonchev–Trinajstić information content (AvgIpc) is 3.26. The number of hydrogen-bond donors (Lipinski definition) is 3. The van der Waals surface area contributed by atoms with Gasteiger partial charge in [-0.15, -0.1) is 0 Å². The molecule has 0 fully saturated rings. The summed E-state index contributed by atoms with van der Waals surface area (Å²) in [6, 6.07) is 10.8. The Labute approximate surface area is 191 Å². The molecular weight excluding hydrogens is 416 g/mol. The van der Waals surface area contributed by atoms with Crippen LogP contribution in [0.25, 0.3) is 22.0 Å². The van der Waals surface area contributed by atoms with E-state index in [9.17, 15) is 9.59 Å². The number of pyridine rings is 2. The molecule has 4 N–H and O–H groups in total. The van der Waals surface area contributed by atoms with Gasteiger partial charge in [-0.05, 0) is 41.8 Å². The molecule has 3 heterocycles. The highest BCUT2D eigenvalue weighted by Gasteiger charge is 2.17. The van der Waals surface area contributed by atoms with Gasteiger partial charge < -0.3 is 11.1 Å². The van der Waals surface area contributed by atoms with Crippen LogP contribution in [0.1, 0.15) is 54.1 Å². The highest BCUT2D eigenvalue weighted by molar-refractivity contribution is 6.11. The number of aromatic amines is 1. The number of nitrogen functional groups attached to an aromatic ring is 1. The molecule has 0 radical (unpaired) electrons. The lowest BCUT2D eigenvalue weighted by molar-refractivity contribution is 0.0953. The summed E-state index contributed by atoms with van der Waals surface area (Å²) in [5, 5.41) is 10.6. The van der Waals surface area contributed by atoms with Gasteiger partial charge in [-0.2, -0.15) is 5.10 Å². The number of carbonyl (C=O) groups is 2. The third-order valence-electron chi connectivity index (χ3n) is 5.81. The topological polar surface area (TPSA) is 127 Å². The summed E-state index contributed by atoms with van der Waals surface area (Å²) in [5.41, 5.74) is 10.0. The van der Waals surface area contributed by atoms with E-state index in [-0.39, 0.29) is 17.4 Å². The minimum Gasteiger partial charge on any atom is -0.397 e. The fourth-order valence-electron chi connectivity index (χ4n) is 3.75. The summed E-state index contributed by atoms with van der Waals surface area (Å²) in [5.74, 6) is 0.00470. The SMILES string of the molecule is CCC(CC)CC(=O)c1ccc(NC(=O)c2n[nH]c3ccc(-c4cncc(N)c4)cc23)cn1. The van der Waals surface area contributed by atoms with Gasteiger partial charge in [0.25, 0.3) is 5.91 Å². The molecule has 0 saturated heterocycles. The van der Waals surface area contributed by atoms with Crippen molar-refractivity contribution in [3.8, 4) is 11.1 Å². The highest BCUT2D eigenvalue weighted by Crippen LogP contribution is 2.26. The van der Waals surface area contributed by atoms with Gasteiger partial charge >= 0.3 is 0 Å². The van der Waals surface area contributed by atoms with Gasteiger partial charge in [0.2, 0.25) is 0 Å². The zero-order chi connectivity index (χ0) is 23.4. The number of anilines is 2. The first kappa shape index (κ1) is 22.1. The van der Waals surface area contributed by atoms with E-state index < -0.39 is 0 Å². The molecule has 0 bridgehead atoms. The van der Waals surface area contributed by atoms with Crippen molar-refractivity contribution in [1.29, 1.82) is 0 Å². The largest absolute Gasteiger partial charge is 0.397 e. The third-order valence-corrected chi connectivity index (χ3v) is 5.81. The Kier molecular flexibility index (Phi) is 6.44. The molecule has 0 atom stereocenters. The maximum absolute atomic E-state index is 12.9. The van der Waals surface area contributed by atoms with Gasteiger partial charge in [0.05, 0.1) is 23.1 Å². The van der Waals surface area contributed by atoms with Crippen LogP contribution >= 0.6 is 0 Å². The van der Waals surface area contributed by atoms with Crippen LogP contribution in [0.2, 0.25) is 0 Å². The van der Waals surface area contributed by atoms with E-state index in [1.807, 2.05) is 24.3 Å². The fourth-order valence-corrected chi connectivity index (χ4v) is 3.75. The normalized spacial score (nSPS) is 11.1. The first-order valence-corrected chi connectivity index (χ1v) is 11.0. The first-order chi connectivity index (χ1) is 16.0. The Morgan fingerprint density at radius 1 is 1.03 bits per heavy atom. The molecular formula is C25H26N6O2. The predicted octanol–water partition coefficient (Wildman–Crippen LogP) is 4.86. The van der Waals surface area contributed by atoms with Gasteiger partial charge in [-0.25, -0.2) is 0 Å². The number of H-pyrrole nitrogens is 1. The second-order valence-electron chi connectivity index (χ2n) is 8.04. The summed E-state index contributed by atoms with van der Waals surface area (Å²) in [6.07, 6.45) is 7.20. The number of nitrogens with one attached hydrogen (secondary N) is 2. The summed E-state index contributed by atoms with van der Waals surface area (Å²) in [7, 11) is 0. The second kappa shape index (κ2) is 9.60. The average molecular weight is 443 g/mol. The summed E-state index contributed by atoms with van der Waals surface area (Å²) in [6.45, 7) is 4.17. The molecule has 0 aliphatic carbocycles. The molecule has 0 aliphatic rings. The molecule has 33 heavy (non-hydrogen) atoms. The maximum Gasteiger partial charge on any atom is 0.276 e. The van der Waals surface area contributed by atoms with Crippen molar-refractivity contribution in [2.75, 3.05) is 11.1 Å². The van der Waals surface area contributed by atoms with Crippen LogP contribution in [0.3, 0.4) is 0 Å². The van der Waals surface area contributed by atoms with Crippen molar-refractivity contribution in [2.45, 2.75) is 33.1 Å². The number of nitrogens with zero attached hydrogens (tertiary/aromatic N) is 3. The van der Waals surface area contributed by atoms with Crippen LogP contribution < -0.4 is 11.1 Å². The molecule has 4 aromatic rings. The molecule has 4 rings (SSSR count). The van der Waals surface area contributed by atoms with E-state index in [4.69, 9.17) is 5.73 Å². The number of fused-ring (bicyclic) bond motifs is 1. The van der Waals surface area contributed by atoms with E-state index in [0.717, 1.165) is 29.5 Å². The number of rotatable bonds is 8. The van der Waals surface area contributed by atoms with Gasteiger partial charge in [-0.3, -0.25) is 24.7 Å². The predicted molar refractivity (Wildman–Crippen MR) is 129 cm³/mol. The number of aromatic nitrogens is 4. The molecule has 168 valence electrons. The maximum atomic E-state index is 12.9. The fraction of sp³-hybridized carbons (Fsp3) is 0.240. The molecule has 8 heteroatoms. The van der Waals surface area contributed by atoms with E-state index in [0.29, 0.717) is 34.8 Å². The lowest BCUT2D eigenvalue weighted by Gasteiger charge is -2.10. The Morgan fingerprint density at radius 2 is 1.85 bits per heavy atom. The Morgan fingerprint density at radius 3 is 2.55 bits per heavy atom. The van der Waals surface area contributed by atoms with Crippen molar-refractivity contribution in [2.24, 2.45) is 5.92 Å². The molecule has 0 saturated carbocycles. The van der Waals surface area contributed by atoms with E-state index in [1.54, 1.807) is 24.5 Å². The van der Waals surface area contributed by atoms with Crippen molar-refractivity contribution < 1.29 is 9.59 Å². The van der Waals surface area contributed by atoms with Crippen LogP contribution in [-0.2, 0) is 0 Å². The van der Waals surface area contributed by atoms with Crippen LogP contribution in [0.5, 0.6) is 0 Å². The molecule has 0 aliphatic heterocycles.